The highest BCUT2D eigenvalue weighted by Crippen LogP contribution is 2.25. The topological polar surface area (TPSA) is 63.3 Å². The van der Waals surface area contributed by atoms with Gasteiger partial charge in [-0.25, -0.2) is 0 Å². The van der Waals surface area contributed by atoms with E-state index in [2.05, 4.69) is 0 Å². The predicted octanol–water partition coefficient (Wildman–Crippen LogP) is 2.28. The molecule has 0 aliphatic carbocycles. The van der Waals surface area contributed by atoms with Crippen molar-refractivity contribution in [2.75, 3.05) is 5.73 Å². The van der Waals surface area contributed by atoms with Gasteiger partial charge in [-0.05, 0) is 12.1 Å². The number of nitrogens with two attached hydrogens (primary N) is 1. The Balaban J connectivity index is 0.000000354. The molecule has 0 aromatic heterocycles. The normalized spacial score (nSPS) is 8.17. The third-order valence-electron chi connectivity index (χ3n) is 1.000. The summed E-state index contributed by atoms with van der Waals surface area (Å²) in [5.74, 6) is 0. The van der Waals surface area contributed by atoms with E-state index >= 15 is 0 Å². The van der Waals surface area contributed by atoms with Crippen LogP contribution in [-0.4, -0.2) is 11.6 Å². The van der Waals surface area contributed by atoms with Crippen molar-refractivity contribution in [2.45, 2.75) is 0 Å². The van der Waals surface area contributed by atoms with E-state index in [1.165, 1.54) is 0 Å². The number of carbonyl (C=O) groups is 1. The second-order valence-electron chi connectivity index (χ2n) is 1.74. The SMILES string of the molecule is Nc1c(Cl)cccc1Cl.O=CO. The van der Waals surface area contributed by atoms with Crippen molar-refractivity contribution in [3.8, 4) is 0 Å². The van der Waals surface area contributed by atoms with Gasteiger partial charge in [0, 0.05) is 0 Å². The first-order valence-corrected chi connectivity index (χ1v) is 3.66. The molecule has 0 radical (unpaired) electrons. The average Bonchev–Trinajstić information content (AvgIpc) is 2.02. The van der Waals surface area contributed by atoms with Crippen LogP contribution >= 0.6 is 23.2 Å². The van der Waals surface area contributed by atoms with Gasteiger partial charge < -0.3 is 10.8 Å². The van der Waals surface area contributed by atoms with E-state index in [0.717, 1.165) is 0 Å². The van der Waals surface area contributed by atoms with Crippen LogP contribution in [0, 0.1) is 0 Å². The Bertz CT molecular complexity index is 245. The third-order valence-corrected chi connectivity index (χ3v) is 1.66. The minimum Gasteiger partial charge on any atom is -0.483 e. The summed E-state index contributed by atoms with van der Waals surface area (Å²) in [6.07, 6.45) is 0. The van der Waals surface area contributed by atoms with Crippen LogP contribution in [-0.2, 0) is 4.79 Å². The fourth-order valence-corrected chi connectivity index (χ4v) is 0.908. The Labute approximate surface area is 79.7 Å². The molecule has 3 N–H and O–H groups in total. The molecule has 0 saturated carbocycles. The summed E-state index contributed by atoms with van der Waals surface area (Å²) in [4.78, 5) is 8.36. The van der Waals surface area contributed by atoms with Crippen LogP contribution in [0.15, 0.2) is 18.2 Å². The quantitative estimate of drug-likeness (QED) is 0.507. The van der Waals surface area contributed by atoms with E-state index in [1.54, 1.807) is 18.2 Å². The fraction of sp³-hybridized carbons (Fsp3) is 0. The molecule has 0 amide bonds. The molecule has 1 aromatic rings. The molecule has 0 saturated heterocycles. The van der Waals surface area contributed by atoms with Crippen molar-refractivity contribution >= 4 is 35.4 Å². The second kappa shape index (κ2) is 5.69. The highest BCUT2D eigenvalue weighted by atomic mass is 35.5. The lowest BCUT2D eigenvalue weighted by molar-refractivity contribution is -0.122. The van der Waals surface area contributed by atoms with Gasteiger partial charge in [-0.1, -0.05) is 29.3 Å². The Hall–Kier alpha value is -0.930. The first-order chi connectivity index (χ1) is 5.63. The molecular weight excluding hydrogens is 201 g/mol. The van der Waals surface area contributed by atoms with Crippen LogP contribution in [0.3, 0.4) is 0 Å². The number of rotatable bonds is 0. The van der Waals surface area contributed by atoms with Gasteiger partial charge in [-0.3, -0.25) is 4.79 Å². The first-order valence-electron chi connectivity index (χ1n) is 2.90. The minimum absolute atomic E-state index is 0.250. The number of benzene rings is 1. The lowest BCUT2D eigenvalue weighted by Crippen LogP contribution is -1.85. The van der Waals surface area contributed by atoms with Gasteiger partial charge in [0.05, 0.1) is 15.7 Å². The van der Waals surface area contributed by atoms with E-state index in [0.29, 0.717) is 15.7 Å². The molecule has 0 fully saturated rings. The van der Waals surface area contributed by atoms with Crippen LogP contribution < -0.4 is 5.73 Å². The van der Waals surface area contributed by atoms with E-state index < -0.39 is 0 Å². The molecule has 0 aliphatic heterocycles. The van der Waals surface area contributed by atoms with Gasteiger partial charge in [0.1, 0.15) is 0 Å². The summed E-state index contributed by atoms with van der Waals surface area (Å²) >= 11 is 11.2. The molecular formula is C7H7Cl2NO2. The highest BCUT2D eigenvalue weighted by molar-refractivity contribution is 6.38. The number of carboxylic acid groups (broad SMARTS) is 1. The molecule has 0 heterocycles. The third kappa shape index (κ3) is 3.46. The number of para-hydroxylation sites is 1. The van der Waals surface area contributed by atoms with Crippen molar-refractivity contribution < 1.29 is 9.90 Å². The maximum Gasteiger partial charge on any atom is 0.290 e. The Morgan fingerprint density at radius 3 is 1.92 bits per heavy atom. The Kier molecular flexibility index (Phi) is 5.25. The molecule has 5 heteroatoms. The zero-order valence-corrected chi connectivity index (χ0v) is 7.51. The second-order valence-corrected chi connectivity index (χ2v) is 2.56. The monoisotopic (exact) mass is 207 g/mol. The average molecular weight is 208 g/mol. The molecule has 0 bridgehead atoms. The number of hydrogen-bond donors (Lipinski definition) is 2. The summed E-state index contributed by atoms with van der Waals surface area (Å²) in [6, 6.07) is 5.15. The van der Waals surface area contributed by atoms with Gasteiger partial charge in [-0.2, -0.15) is 0 Å². The molecule has 1 aromatic carbocycles. The Morgan fingerprint density at radius 2 is 1.67 bits per heavy atom. The lowest BCUT2D eigenvalue weighted by atomic mass is 10.3. The standard InChI is InChI=1S/C6H5Cl2N.CH2O2/c7-4-2-1-3-5(8)6(4)9;2-1-3/h1-3H,9H2;1H,(H,2,3). The van der Waals surface area contributed by atoms with Gasteiger partial charge in [-0.15, -0.1) is 0 Å². The van der Waals surface area contributed by atoms with E-state index in [-0.39, 0.29) is 6.47 Å². The predicted molar refractivity (Wildman–Crippen MR) is 49.6 cm³/mol. The number of halogens is 2. The van der Waals surface area contributed by atoms with Gasteiger partial charge >= 0.3 is 0 Å². The summed E-state index contributed by atoms with van der Waals surface area (Å²) in [7, 11) is 0. The van der Waals surface area contributed by atoms with Crippen LogP contribution in [0.1, 0.15) is 0 Å². The molecule has 0 aliphatic rings. The highest BCUT2D eigenvalue weighted by Gasteiger charge is 1.97. The number of hydrogen-bond acceptors (Lipinski definition) is 2. The smallest absolute Gasteiger partial charge is 0.290 e. The molecule has 0 atom stereocenters. The van der Waals surface area contributed by atoms with Crippen molar-refractivity contribution in [1.29, 1.82) is 0 Å². The molecule has 0 unspecified atom stereocenters. The van der Waals surface area contributed by atoms with Crippen molar-refractivity contribution in [1.82, 2.24) is 0 Å². The maximum atomic E-state index is 8.36. The van der Waals surface area contributed by atoms with Crippen molar-refractivity contribution in [2.24, 2.45) is 0 Å². The minimum atomic E-state index is -0.250. The summed E-state index contributed by atoms with van der Waals surface area (Å²) in [5, 5.41) is 7.89. The number of anilines is 1. The first kappa shape index (κ1) is 11.1. The van der Waals surface area contributed by atoms with Gasteiger partial charge in [0.2, 0.25) is 0 Å². The zero-order chi connectivity index (χ0) is 9.56. The van der Waals surface area contributed by atoms with Crippen molar-refractivity contribution in [3.05, 3.63) is 28.2 Å². The zero-order valence-electron chi connectivity index (χ0n) is 6.00. The van der Waals surface area contributed by atoms with Gasteiger partial charge in [0.25, 0.3) is 6.47 Å². The van der Waals surface area contributed by atoms with Crippen LogP contribution in [0.5, 0.6) is 0 Å². The molecule has 3 nitrogen and oxygen atoms in total. The van der Waals surface area contributed by atoms with Crippen LogP contribution in [0.2, 0.25) is 10.0 Å². The summed E-state index contributed by atoms with van der Waals surface area (Å²) in [5.41, 5.74) is 5.86. The Morgan fingerprint density at radius 1 is 1.33 bits per heavy atom. The molecule has 12 heavy (non-hydrogen) atoms. The summed E-state index contributed by atoms with van der Waals surface area (Å²) < 4.78 is 0. The lowest BCUT2D eigenvalue weighted by Gasteiger charge is -1.96. The fourth-order valence-electron chi connectivity index (χ4n) is 0.511. The van der Waals surface area contributed by atoms with E-state index in [1.807, 2.05) is 0 Å². The van der Waals surface area contributed by atoms with E-state index in [9.17, 15) is 0 Å². The molecule has 0 spiro atoms. The van der Waals surface area contributed by atoms with E-state index in [4.69, 9.17) is 38.8 Å². The van der Waals surface area contributed by atoms with Crippen molar-refractivity contribution in [3.63, 3.8) is 0 Å². The maximum absolute atomic E-state index is 8.36. The number of nitrogen functional groups attached to an aromatic ring is 1. The molecule has 66 valence electrons. The molecule has 1 rings (SSSR count). The van der Waals surface area contributed by atoms with Gasteiger partial charge in [0.15, 0.2) is 0 Å². The van der Waals surface area contributed by atoms with Crippen LogP contribution in [0.25, 0.3) is 0 Å². The largest absolute Gasteiger partial charge is 0.483 e. The summed E-state index contributed by atoms with van der Waals surface area (Å²) in [6.45, 7) is -0.250. The van der Waals surface area contributed by atoms with Crippen LogP contribution in [0.4, 0.5) is 5.69 Å².